The molecule has 0 unspecified atom stereocenters. The minimum atomic E-state index is -0.0859. The summed E-state index contributed by atoms with van der Waals surface area (Å²) in [6, 6.07) is 11.8. The van der Waals surface area contributed by atoms with Crippen LogP contribution in [0.15, 0.2) is 36.4 Å². The largest absolute Gasteiger partial charge is 0.495 e. The van der Waals surface area contributed by atoms with Gasteiger partial charge in [-0.1, -0.05) is 12.1 Å². The highest BCUT2D eigenvalue weighted by Crippen LogP contribution is 2.27. The second-order valence-electron chi connectivity index (χ2n) is 5.85. The number of nitrogens with one attached hydrogen (secondary N) is 1. The third kappa shape index (κ3) is 2.98. The van der Waals surface area contributed by atoms with Gasteiger partial charge in [-0.3, -0.25) is 4.79 Å². The van der Waals surface area contributed by atoms with E-state index in [1.165, 1.54) is 24.0 Å². The highest BCUT2D eigenvalue weighted by atomic mass is 16.5. The Hall–Kier alpha value is -2.29. The molecule has 0 heterocycles. The van der Waals surface area contributed by atoms with Crippen LogP contribution in [0.1, 0.15) is 39.9 Å². The van der Waals surface area contributed by atoms with Crippen molar-refractivity contribution >= 4 is 11.6 Å². The fourth-order valence-corrected chi connectivity index (χ4v) is 2.99. The molecule has 0 aliphatic heterocycles. The van der Waals surface area contributed by atoms with Crippen molar-refractivity contribution in [3.8, 4) is 5.75 Å². The number of benzene rings is 2. The molecule has 0 aromatic heterocycles. The van der Waals surface area contributed by atoms with Crippen LogP contribution in [0, 0.1) is 6.92 Å². The predicted molar refractivity (Wildman–Crippen MR) is 88.8 cm³/mol. The van der Waals surface area contributed by atoms with Crippen LogP contribution in [0.2, 0.25) is 0 Å². The summed E-state index contributed by atoms with van der Waals surface area (Å²) in [5.41, 5.74) is 5.21. The molecule has 2 aromatic carbocycles. The molecule has 0 bridgehead atoms. The standard InChI is InChI=1S/C19H21NO2/c1-13-7-10-18(22-2)17(11-13)20-19(21)16-9-8-14-5-3-4-6-15(14)12-16/h7-12H,3-6H2,1-2H3,(H,20,21). The summed E-state index contributed by atoms with van der Waals surface area (Å²) in [6.45, 7) is 1.99. The first-order valence-electron chi connectivity index (χ1n) is 7.75. The van der Waals surface area contributed by atoms with Gasteiger partial charge in [-0.25, -0.2) is 0 Å². The predicted octanol–water partition coefficient (Wildman–Crippen LogP) is 4.13. The van der Waals surface area contributed by atoms with Crippen LogP contribution in [0.25, 0.3) is 0 Å². The van der Waals surface area contributed by atoms with E-state index in [4.69, 9.17) is 4.74 Å². The van der Waals surface area contributed by atoms with Gasteiger partial charge in [0.2, 0.25) is 0 Å². The van der Waals surface area contributed by atoms with Gasteiger partial charge in [0, 0.05) is 5.56 Å². The van der Waals surface area contributed by atoms with E-state index in [1.54, 1.807) is 7.11 Å². The lowest BCUT2D eigenvalue weighted by Gasteiger charge is -2.17. The molecule has 1 N–H and O–H groups in total. The molecule has 3 nitrogen and oxygen atoms in total. The molecule has 114 valence electrons. The number of amides is 1. The van der Waals surface area contributed by atoms with Gasteiger partial charge in [0.15, 0.2) is 0 Å². The van der Waals surface area contributed by atoms with Gasteiger partial charge in [-0.05, 0) is 73.6 Å². The zero-order chi connectivity index (χ0) is 15.5. The molecule has 0 radical (unpaired) electrons. The van der Waals surface area contributed by atoms with Crippen molar-refractivity contribution in [1.29, 1.82) is 0 Å². The van der Waals surface area contributed by atoms with E-state index in [0.717, 1.165) is 18.4 Å². The van der Waals surface area contributed by atoms with E-state index >= 15 is 0 Å². The summed E-state index contributed by atoms with van der Waals surface area (Å²) in [4.78, 5) is 12.5. The maximum atomic E-state index is 12.5. The third-order valence-electron chi connectivity index (χ3n) is 4.21. The first-order chi connectivity index (χ1) is 10.7. The SMILES string of the molecule is COc1ccc(C)cc1NC(=O)c1ccc2c(c1)CCCC2. The zero-order valence-corrected chi connectivity index (χ0v) is 13.1. The molecule has 0 saturated carbocycles. The first kappa shape index (κ1) is 14.6. The van der Waals surface area contributed by atoms with Crippen LogP contribution in [-0.4, -0.2) is 13.0 Å². The molecular weight excluding hydrogens is 274 g/mol. The Bertz CT molecular complexity index is 707. The van der Waals surface area contributed by atoms with Gasteiger partial charge in [0.05, 0.1) is 12.8 Å². The van der Waals surface area contributed by atoms with E-state index in [1.807, 2.05) is 37.3 Å². The van der Waals surface area contributed by atoms with Gasteiger partial charge in [-0.2, -0.15) is 0 Å². The normalized spacial score (nSPS) is 13.4. The maximum absolute atomic E-state index is 12.5. The Morgan fingerprint density at radius 3 is 2.59 bits per heavy atom. The van der Waals surface area contributed by atoms with Crippen LogP contribution in [0.4, 0.5) is 5.69 Å². The fraction of sp³-hybridized carbons (Fsp3) is 0.316. The number of carbonyl (C=O) groups excluding carboxylic acids is 1. The Labute approximate surface area is 131 Å². The molecule has 1 aliphatic carbocycles. The summed E-state index contributed by atoms with van der Waals surface area (Å²) >= 11 is 0. The number of rotatable bonds is 3. The van der Waals surface area contributed by atoms with Crippen LogP contribution in [0.3, 0.4) is 0 Å². The first-order valence-corrected chi connectivity index (χ1v) is 7.75. The minimum absolute atomic E-state index is 0.0859. The number of carbonyl (C=O) groups is 1. The average Bonchev–Trinajstić information content (AvgIpc) is 2.54. The van der Waals surface area contributed by atoms with E-state index < -0.39 is 0 Å². The monoisotopic (exact) mass is 295 g/mol. The van der Waals surface area contributed by atoms with Crippen molar-refractivity contribution in [1.82, 2.24) is 0 Å². The highest BCUT2D eigenvalue weighted by molar-refractivity contribution is 6.05. The summed E-state index contributed by atoms with van der Waals surface area (Å²) < 4.78 is 5.31. The van der Waals surface area contributed by atoms with Crippen molar-refractivity contribution in [2.75, 3.05) is 12.4 Å². The van der Waals surface area contributed by atoms with Crippen LogP contribution < -0.4 is 10.1 Å². The summed E-state index contributed by atoms with van der Waals surface area (Å²) in [5.74, 6) is 0.592. The minimum Gasteiger partial charge on any atom is -0.495 e. The number of hydrogen-bond donors (Lipinski definition) is 1. The van der Waals surface area contributed by atoms with Gasteiger partial charge in [0.1, 0.15) is 5.75 Å². The fourth-order valence-electron chi connectivity index (χ4n) is 2.99. The van der Waals surface area contributed by atoms with Crippen LogP contribution in [-0.2, 0) is 12.8 Å². The van der Waals surface area contributed by atoms with Crippen molar-refractivity contribution in [3.05, 3.63) is 58.7 Å². The van der Waals surface area contributed by atoms with Crippen molar-refractivity contribution in [2.24, 2.45) is 0 Å². The number of aryl methyl sites for hydroxylation is 3. The summed E-state index contributed by atoms with van der Waals surface area (Å²) in [6.07, 6.45) is 4.66. The number of hydrogen-bond acceptors (Lipinski definition) is 2. The quantitative estimate of drug-likeness (QED) is 0.924. The number of anilines is 1. The molecule has 1 aliphatic rings. The molecule has 1 amide bonds. The zero-order valence-electron chi connectivity index (χ0n) is 13.1. The molecule has 22 heavy (non-hydrogen) atoms. The van der Waals surface area contributed by atoms with Gasteiger partial charge in [-0.15, -0.1) is 0 Å². The Balaban J connectivity index is 1.84. The van der Waals surface area contributed by atoms with E-state index in [-0.39, 0.29) is 5.91 Å². The second kappa shape index (κ2) is 6.22. The van der Waals surface area contributed by atoms with Gasteiger partial charge < -0.3 is 10.1 Å². The summed E-state index contributed by atoms with van der Waals surface area (Å²) in [5, 5.41) is 2.96. The van der Waals surface area contributed by atoms with Crippen molar-refractivity contribution in [3.63, 3.8) is 0 Å². The smallest absolute Gasteiger partial charge is 0.255 e. The summed E-state index contributed by atoms with van der Waals surface area (Å²) in [7, 11) is 1.61. The lowest BCUT2D eigenvalue weighted by atomic mass is 9.90. The van der Waals surface area contributed by atoms with E-state index in [0.29, 0.717) is 17.0 Å². The third-order valence-corrected chi connectivity index (χ3v) is 4.21. The van der Waals surface area contributed by atoms with Crippen molar-refractivity contribution in [2.45, 2.75) is 32.6 Å². The van der Waals surface area contributed by atoms with Crippen LogP contribution >= 0.6 is 0 Å². The highest BCUT2D eigenvalue weighted by Gasteiger charge is 2.14. The molecule has 2 aromatic rings. The Kier molecular flexibility index (Phi) is 4.14. The Morgan fingerprint density at radius 1 is 1.05 bits per heavy atom. The van der Waals surface area contributed by atoms with Crippen molar-refractivity contribution < 1.29 is 9.53 Å². The van der Waals surface area contributed by atoms with Gasteiger partial charge in [0.25, 0.3) is 5.91 Å². The van der Waals surface area contributed by atoms with Gasteiger partial charge >= 0.3 is 0 Å². The number of ether oxygens (including phenoxy) is 1. The number of fused-ring (bicyclic) bond motifs is 1. The topological polar surface area (TPSA) is 38.3 Å². The lowest BCUT2D eigenvalue weighted by Crippen LogP contribution is -2.14. The molecule has 0 fully saturated rings. The average molecular weight is 295 g/mol. The van der Waals surface area contributed by atoms with Crippen LogP contribution in [0.5, 0.6) is 5.75 Å². The molecule has 0 atom stereocenters. The molecule has 0 spiro atoms. The molecule has 3 rings (SSSR count). The molecule has 0 saturated heterocycles. The second-order valence-corrected chi connectivity index (χ2v) is 5.85. The van der Waals surface area contributed by atoms with E-state index in [9.17, 15) is 4.79 Å². The van der Waals surface area contributed by atoms with E-state index in [2.05, 4.69) is 11.4 Å². The maximum Gasteiger partial charge on any atom is 0.255 e. The molecule has 3 heteroatoms. The Morgan fingerprint density at radius 2 is 1.82 bits per heavy atom. The number of methoxy groups -OCH3 is 1. The molecular formula is C19H21NO2. The lowest BCUT2D eigenvalue weighted by molar-refractivity contribution is 0.102.